The van der Waals surface area contributed by atoms with E-state index in [9.17, 15) is 13.2 Å². The van der Waals surface area contributed by atoms with Crippen LogP contribution in [-0.2, 0) is 14.8 Å². The van der Waals surface area contributed by atoms with E-state index < -0.39 is 10.0 Å². The van der Waals surface area contributed by atoms with Gasteiger partial charge < -0.3 is 5.32 Å². The van der Waals surface area contributed by atoms with Gasteiger partial charge in [0.2, 0.25) is 5.91 Å². The molecule has 5 nitrogen and oxygen atoms in total. The van der Waals surface area contributed by atoms with Gasteiger partial charge in [0.15, 0.2) is 0 Å². The van der Waals surface area contributed by atoms with Gasteiger partial charge in [-0.1, -0.05) is 31.5 Å². The molecule has 0 heterocycles. The Morgan fingerprint density at radius 1 is 0.920 bits per heavy atom. The van der Waals surface area contributed by atoms with Crippen molar-refractivity contribution in [2.24, 2.45) is 5.92 Å². The highest BCUT2D eigenvalue weighted by molar-refractivity contribution is 7.92. The second-order valence-electron chi connectivity index (χ2n) is 6.55. The van der Waals surface area contributed by atoms with Crippen LogP contribution in [-0.4, -0.2) is 14.3 Å². The van der Waals surface area contributed by atoms with Crippen LogP contribution in [0.5, 0.6) is 0 Å². The Morgan fingerprint density at radius 3 is 1.88 bits per heavy atom. The zero-order valence-corrected chi connectivity index (χ0v) is 16.0. The third-order valence-electron chi connectivity index (χ3n) is 3.80. The lowest BCUT2D eigenvalue weighted by Crippen LogP contribution is -2.18. The third kappa shape index (κ3) is 4.60. The maximum atomic E-state index is 12.7. The Morgan fingerprint density at radius 2 is 1.40 bits per heavy atom. The van der Waals surface area contributed by atoms with Crippen LogP contribution in [0.4, 0.5) is 11.4 Å². The number of anilines is 2. The summed E-state index contributed by atoms with van der Waals surface area (Å²) in [6.07, 6.45) is 0. The van der Waals surface area contributed by atoms with Crippen LogP contribution in [0.15, 0.2) is 41.3 Å². The van der Waals surface area contributed by atoms with Gasteiger partial charge in [-0.2, -0.15) is 0 Å². The number of benzene rings is 2. The minimum absolute atomic E-state index is 0.0840. The lowest BCUT2D eigenvalue weighted by Gasteiger charge is -2.14. The topological polar surface area (TPSA) is 75.3 Å². The van der Waals surface area contributed by atoms with Crippen LogP contribution in [0.2, 0.25) is 0 Å². The highest BCUT2D eigenvalue weighted by atomic mass is 32.2. The fourth-order valence-corrected chi connectivity index (χ4v) is 4.22. The van der Waals surface area contributed by atoms with Crippen molar-refractivity contribution in [2.45, 2.75) is 39.5 Å². The van der Waals surface area contributed by atoms with Crippen LogP contribution in [0.1, 0.15) is 30.5 Å². The predicted molar refractivity (Wildman–Crippen MR) is 101 cm³/mol. The Labute approximate surface area is 149 Å². The first-order valence-corrected chi connectivity index (χ1v) is 9.60. The zero-order chi connectivity index (χ0) is 18.8. The molecule has 2 rings (SSSR count). The van der Waals surface area contributed by atoms with E-state index in [1.807, 2.05) is 32.9 Å². The fourth-order valence-electron chi connectivity index (χ4n) is 2.71. The van der Waals surface area contributed by atoms with E-state index in [1.165, 1.54) is 0 Å². The van der Waals surface area contributed by atoms with Crippen molar-refractivity contribution in [2.75, 3.05) is 10.0 Å². The van der Waals surface area contributed by atoms with Gasteiger partial charge in [-0.15, -0.1) is 0 Å². The Kier molecular flexibility index (Phi) is 5.52. The Hall–Kier alpha value is -2.34. The molecule has 134 valence electrons. The van der Waals surface area contributed by atoms with E-state index in [2.05, 4.69) is 10.0 Å². The Balaban J connectivity index is 2.23. The van der Waals surface area contributed by atoms with Gasteiger partial charge >= 0.3 is 0 Å². The van der Waals surface area contributed by atoms with Crippen LogP contribution in [0.3, 0.4) is 0 Å². The summed E-state index contributed by atoms with van der Waals surface area (Å²) in [5, 5.41) is 2.77. The van der Waals surface area contributed by atoms with Gasteiger partial charge in [-0.05, 0) is 56.2 Å². The van der Waals surface area contributed by atoms with Gasteiger partial charge in [0.05, 0.1) is 4.90 Å². The molecule has 25 heavy (non-hydrogen) atoms. The molecular weight excluding hydrogens is 336 g/mol. The monoisotopic (exact) mass is 360 g/mol. The largest absolute Gasteiger partial charge is 0.326 e. The van der Waals surface area contributed by atoms with Crippen LogP contribution in [0, 0.1) is 26.7 Å². The predicted octanol–water partition coefficient (Wildman–Crippen LogP) is 4.01. The van der Waals surface area contributed by atoms with Gasteiger partial charge in [0.1, 0.15) is 0 Å². The molecule has 0 radical (unpaired) electrons. The summed E-state index contributed by atoms with van der Waals surface area (Å²) in [5.74, 6) is -0.204. The van der Waals surface area contributed by atoms with E-state index in [0.717, 1.165) is 5.56 Å². The molecule has 0 spiro atoms. The van der Waals surface area contributed by atoms with Gasteiger partial charge in [0.25, 0.3) is 10.0 Å². The van der Waals surface area contributed by atoms with Crippen molar-refractivity contribution in [1.82, 2.24) is 0 Å². The maximum Gasteiger partial charge on any atom is 0.262 e. The Bertz CT molecular complexity index is 862. The zero-order valence-electron chi connectivity index (χ0n) is 15.2. The average molecular weight is 360 g/mol. The summed E-state index contributed by atoms with van der Waals surface area (Å²) in [6, 6.07) is 10.3. The number of carbonyl (C=O) groups is 1. The summed E-state index contributed by atoms with van der Waals surface area (Å²) in [4.78, 5) is 12.0. The first-order valence-electron chi connectivity index (χ1n) is 8.12. The molecule has 0 saturated heterocycles. The second kappa shape index (κ2) is 7.27. The molecule has 0 aliphatic carbocycles. The standard InChI is InChI=1S/C19H24N2O3S/c1-12(2)19(22)20-16-6-8-17(9-7-16)21-25(23,24)18-14(4)10-13(3)11-15(18)5/h6-12,21H,1-5H3,(H,20,22). The van der Waals surface area contributed by atoms with Crippen molar-refractivity contribution in [3.8, 4) is 0 Å². The summed E-state index contributed by atoms with van der Waals surface area (Å²) in [5.41, 5.74) is 3.53. The van der Waals surface area contributed by atoms with Crippen molar-refractivity contribution >= 4 is 27.3 Å². The summed E-state index contributed by atoms with van der Waals surface area (Å²) < 4.78 is 28.0. The fraction of sp³-hybridized carbons (Fsp3) is 0.316. The van der Waals surface area contributed by atoms with Crippen molar-refractivity contribution in [3.05, 3.63) is 53.1 Å². The van der Waals surface area contributed by atoms with E-state index >= 15 is 0 Å². The van der Waals surface area contributed by atoms with Crippen LogP contribution in [0.25, 0.3) is 0 Å². The van der Waals surface area contributed by atoms with Crippen LogP contribution >= 0.6 is 0 Å². The third-order valence-corrected chi connectivity index (χ3v) is 5.49. The number of rotatable bonds is 5. The van der Waals surface area contributed by atoms with Crippen molar-refractivity contribution in [1.29, 1.82) is 0 Å². The van der Waals surface area contributed by atoms with Gasteiger partial charge in [-0.25, -0.2) is 8.42 Å². The van der Waals surface area contributed by atoms with Gasteiger partial charge in [0, 0.05) is 17.3 Å². The summed E-state index contributed by atoms with van der Waals surface area (Å²) in [6.45, 7) is 9.14. The van der Waals surface area contributed by atoms with E-state index in [0.29, 0.717) is 27.4 Å². The van der Waals surface area contributed by atoms with E-state index in [1.54, 1.807) is 38.1 Å². The van der Waals surface area contributed by atoms with Crippen LogP contribution < -0.4 is 10.0 Å². The smallest absolute Gasteiger partial charge is 0.262 e. The molecular formula is C19H24N2O3S. The molecule has 0 unspecified atom stereocenters. The van der Waals surface area contributed by atoms with Gasteiger partial charge in [-0.3, -0.25) is 9.52 Å². The van der Waals surface area contributed by atoms with E-state index in [4.69, 9.17) is 0 Å². The minimum atomic E-state index is -3.68. The number of carbonyl (C=O) groups excluding carboxylic acids is 1. The molecule has 0 aliphatic heterocycles. The molecule has 0 aromatic heterocycles. The lowest BCUT2D eigenvalue weighted by atomic mass is 10.1. The first-order chi connectivity index (χ1) is 11.6. The summed E-state index contributed by atoms with van der Waals surface area (Å²) in [7, 11) is -3.68. The highest BCUT2D eigenvalue weighted by Gasteiger charge is 2.20. The number of aryl methyl sites for hydroxylation is 3. The minimum Gasteiger partial charge on any atom is -0.326 e. The number of hydrogen-bond acceptors (Lipinski definition) is 3. The number of nitrogens with one attached hydrogen (secondary N) is 2. The molecule has 2 aromatic carbocycles. The maximum absolute atomic E-state index is 12.7. The molecule has 0 fully saturated rings. The molecule has 6 heteroatoms. The molecule has 2 N–H and O–H groups in total. The van der Waals surface area contributed by atoms with E-state index in [-0.39, 0.29) is 11.8 Å². The lowest BCUT2D eigenvalue weighted by molar-refractivity contribution is -0.118. The quantitative estimate of drug-likeness (QED) is 0.846. The van der Waals surface area contributed by atoms with Crippen molar-refractivity contribution in [3.63, 3.8) is 0 Å². The SMILES string of the molecule is Cc1cc(C)c(S(=O)(=O)Nc2ccc(NC(=O)C(C)C)cc2)c(C)c1. The second-order valence-corrected chi connectivity index (χ2v) is 8.17. The number of sulfonamides is 1. The average Bonchev–Trinajstić information content (AvgIpc) is 2.47. The molecule has 1 amide bonds. The first kappa shape index (κ1) is 19.0. The highest BCUT2D eigenvalue weighted by Crippen LogP contribution is 2.25. The molecule has 0 bridgehead atoms. The molecule has 0 aliphatic rings. The number of hydrogen-bond donors (Lipinski definition) is 2. The number of amides is 1. The molecule has 0 atom stereocenters. The summed E-state index contributed by atoms with van der Waals surface area (Å²) >= 11 is 0. The molecule has 2 aromatic rings. The normalized spacial score (nSPS) is 11.4. The van der Waals surface area contributed by atoms with Crippen molar-refractivity contribution < 1.29 is 13.2 Å². The molecule has 0 saturated carbocycles.